The summed E-state index contributed by atoms with van der Waals surface area (Å²) in [5, 5.41) is 3.38. The zero-order chi connectivity index (χ0) is 9.38. The predicted molar refractivity (Wildman–Crippen MR) is 71.9 cm³/mol. The lowest BCUT2D eigenvalue weighted by atomic mass is 9.97. The molecule has 0 aromatic rings. The number of rotatable bonds is 1. The maximum atomic E-state index is 3.38. The van der Waals surface area contributed by atoms with Crippen molar-refractivity contribution in [3.05, 3.63) is 0 Å². The predicted octanol–water partition coefficient (Wildman–Crippen LogP) is 0.972. The van der Waals surface area contributed by atoms with Gasteiger partial charge < -0.3 is 5.32 Å². The summed E-state index contributed by atoms with van der Waals surface area (Å²) in [7, 11) is 0. The third kappa shape index (κ3) is 2.82. The molecule has 0 amide bonds. The van der Waals surface area contributed by atoms with Crippen LogP contribution in [0.3, 0.4) is 0 Å². The molecule has 1 atom stereocenters. The van der Waals surface area contributed by atoms with Crippen LogP contribution in [-0.2, 0) is 0 Å². The Morgan fingerprint density at radius 2 is 1.56 bits per heavy atom. The molecule has 0 aromatic heterocycles. The van der Waals surface area contributed by atoms with Gasteiger partial charge in [-0.1, -0.05) is 6.42 Å². The number of hydrogen-bond donors (Lipinski definition) is 1. The summed E-state index contributed by atoms with van der Waals surface area (Å²) in [6, 6.07) is 1.75. The fourth-order valence-electron chi connectivity index (χ4n) is 3.04. The van der Waals surface area contributed by atoms with Crippen molar-refractivity contribution >= 4 is 24.8 Å². The highest BCUT2D eigenvalue weighted by atomic mass is 35.5. The first-order chi connectivity index (χ1) is 6.93. The van der Waals surface area contributed by atoms with Crippen molar-refractivity contribution < 1.29 is 0 Å². The van der Waals surface area contributed by atoms with Crippen molar-refractivity contribution in [2.24, 2.45) is 0 Å². The van der Waals surface area contributed by atoms with Crippen LogP contribution in [0.1, 0.15) is 19.3 Å². The van der Waals surface area contributed by atoms with E-state index in [0.717, 1.165) is 12.1 Å². The van der Waals surface area contributed by atoms with Crippen molar-refractivity contribution in [3.8, 4) is 0 Å². The van der Waals surface area contributed by atoms with Gasteiger partial charge in [0, 0.05) is 44.8 Å². The van der Waals surface area contributed by atoms with Gasteiger partial charge in [-0.15, -0.1) is 24.8 Å². The first-order valence-corrected chi connectivity index (χ1v) is 6.12. The summed E-state index contributed by atoms with van der Waals surface area (Å²) in [5.74, 6) is 0. The quantitative estimate of drug-likeness (QED) is 0.764. The Bertz CT molecular complexity index is 211. The minimum absolute atomic E-state index is 0. The Labute approximate surface area is 111 Å². The second-order valence-electron chi connectivity index (χ2n) is 4.99. The fraction of sp³-hybridized carbons (Fsp3) is 1.00. The van der Waals surface area contributed by atoms with Crippen LogP contribution < -0.4 is 5.32 Å². The number of piperazine rings is 1. The Morgan fingerprint density at radius 1 is 0.812 bits per heavy atom. The molecule has 5 heteroatoms. The van der Waals surface area contributed by atoms with E-state index < -0.39 is 0 Å². The van der Waals surface area contributed by atoms with Gasteiger partial charge in [0.2, 0.25) is 0 Å². The Balaban J connectivity index is 0.000000640. The van der Waals surface area contributed by atoms with Crippen LogP contribution in [-0.4, -0.2) is 61.2 Å². The van der Waals surface area contributed by atoms with Crippen LogP contribution in [0.2, 0.25) is 0 Å². The molecule has 0 radical (unpaired) electrons. The molecule has 3 fully saturated rings. The van der Waals surface area contributed by atoms with Crippen molar-refractivity contribution in [2.75, 3.05) is 39.3 Å². The molecule has 3 aliphatic heterocycles. The average Bonchev–Trinajstić information content (AvgIpc) is 2.15. The first kappa shape index (κ1) is 14.5. The van der Waals surface area contributed by atoms with E-state index in [2.05, 4.69) is 15.1 Å². The second-order valence-corrected chi connectivity index (χ2v) is 4.99. The molecule has 0 bridgehead atoms. The smallest absolute Gasteiger partial charge is 0.0346 e. The number of piperidine rings is 1. The first-order valence-electron chi connectivity index (χ1n) is 6.12. The summed E-state index contributed by atoms with van der Waals surface area (Å²) >= 11 is 0. The lowest BCUT2D eigenvalue weighted by molar-refractivity contribution is 0.0148. The van der Waals surface area contributed by atoms with E-state index in [9.17, 15) is 0 Å². The third-order valence-electron chi connectivity index (χ3n) is 4.15. The fourth-order valence-corrected chi connectivity index (χ4v) is 3.04. The molecule has 3 saturated heterocycles. The van der Waals surface area contributed by atoms with Gasteiger partial charge in [0.05, 0.1) is 0 Å². The molecule has 3 rings (SSSR count). The van der Waals surface area contributed by atoms with Crippen molar-refractivity contribution in [1.29, 1.82) is 0 Å². The maximum Gasteiger partial charge on any atom is 0.0346 e. The topological polar surface area (TPSA) is 18.5 Å². The lowest BCUT2D eigenvalue weighted by Crippen LogP contribution is -2.64. The van der Waals surface area contributed by atoms with Crippen molar-refractivity contribution in [3.63, 3.8) is 0 Å². The molecule has 3 heterocycles. The average molecular weight is 268 g/mol. The molecule has 0 spiro atoms. The van der Waals surface area contributed by atoms with E-state index in [-0.39, 0.29) is 24.8 Å². The molecule has 0 saturated carbocycles. The maximum absolute atomic E-state index is 3.38. The lowest BCUT2D eigenvalue weighted by Gasteiger charge is -2.48. The largest absolute Gasteiger partial charge is 0.314 e. The van der Waals surface area contributed by atoms with E-state index in [4.69, 9.17) is 0 Å². The van der Waals surface area contributed by atoms with E-state index in [1.807, 2.05) is 0 Å². The SMILES string of the molecule is C1CCN2CCN(C3CNC3)CC2C1.Cl.Cl. The van der Waals surface area contributed by atoms with Crippen molar-refractivity contribution in [2.45, 2.75) is 31.3 Å². The highest BCUT2D eigenvalue weighted by Gasteiger charge is 2.33. The molecule has 16 heavy (non-hydrogen) atoms. The monoisotopic (exact) mass is 267 g/mol. The van der Waals surface area contributed by atoms with Crippen LogP contribution in [0.25, 0.3) is 0 Å². The Hall–Kier alpha value is 0.460. The van der Waals surface area contributed by atoms with Crippen LogP contribution in [0, 0.1) is 0 Å². The molecule has 3 nitrogen and oxygen atoms in total. The van der Waals surface area contributed by atoms with Crippen molar-refractivity contribution in [1.82, 2.24) is 15.1 Å². The van der Waals surface area contributed by atoms with Gasteiger partial charge in [-0.25, -0.2) is 0 Å². The number of nitrogens with zero attached hydrogens (tertiary/aromatic N) is 2. The highest BCUT2D eigenvalue weighted by molar-refractivity contribution is 5.85. The zero-order valence-electron chi connectivity index (χ0n) is 9.73. The minimum Gasteiger partial charge on any atom is -0.314 e. The summed E-state index contributed by atoms with van der Waals surface area (Å²) in [5.41, 5.74) is 0. The van der Waals surface area contributed by atoms with E-state index >= 15 is 0 Å². The number of nitrogens with one attached hydrogen (secondary N) is 1. The van der Waals surface area contributed by atoms with Gasteiger partial charge in [0.25, 0.3) is 0 Å². The number of halogens is 2. The summed E-state index contributed by atoms with van der Waals surface area (Å²) < 4.78 is 0. The Morgan fingerprint density at radius 3 is 2.25 bits per heavy atom. The second kappa shape index (κ2) is 6.41. The van der Waals surface area contributed by atoms with Gasteiger partial charge in [-0.2, -0.15) is 0 Å². The summed E-state index contributed by atoms with van der Waals surface area (Å²) in [6.45, 7) is 7.79. The van der Waals surface area contributed by atoms with Crippen LogP contribution >= 0.6 is 24.8 Å². The molecule has 96 valence electrons. The standard InChI is InChI=1S/C11H21N3.2ClH/c1-2-4-13-5-6-14(9-10(13)3-1)11-7-12-8-11;;/h10-12H,1-9H2;2*1H. The third-order valence-corrected chi connectivity index (χ3v) is 4.15. The zero-order valence-corrected chi connectivity index (χ0v) is 11.4. The molecule has 0 aliphatic carbocycles. The summed E-state index contributed by atoms with van der Waals surface area (Å²) in [6.07, 6.45) is 4.33. The van der Waals surface area contributed by atoms with E-state index in [0.29, 0.717) is 0 Å². The molecule has 1 unspecified atom stereocenters. The Kier molecular flexibility index (Phi) is 5.82. The molecular formula is C11H23Cl2N3. The van der Waals surface area contributed by atoms with E-state index in [1.54, 1.807) is 0 Å². The van der Waals surface area contributed by atoms with Gasteiger partial charge in [0.1, 0.15) is 0 Å². The molecule has 1 N–H and O–H groups in total. The summed E-state index contributed by atoms with van der Waals surface area (Å²) in [4.78, 5) is 5.43. The number of hydrogen-bond acceptors (Lipinski definition) is 3. The highest BCUT2D eigenvalue weighted by Crippen LogP contribution is 2.22. The molecular weight excluding hydrogens is 245 g/mol. The number of fused-ring (bicyclic) bond motifs is 1. The van der Waals surface area contributed by atoms with Gasteiger partial charge in [-0.3, -0.25) is 9.80 Å². The van der Waals surface area contributed by atoms with Gasteiger partial charge in [0.15, 0.2) is 0 Å². The normalized spacial score (nSPS) is 31.9. The van der Waals surface area contributed by atoms with Gasteiger partial charge in [-0.05, 0) is 19.4 Å². The minimum atomic E-state index is 0. The van der Waals surface area contributed by atoms with Crippen LogP contribution in [0.15, 0.2) is 0 Å². The van der Waals surface area contributed by atoms with Gasteiger partial charge >= 0.3 is 0 Å². The molecule has 0 aromatic carbocycles. The van der Waals surface area contributed by atoms with Crippen LogP contribution in [0.4, 0.5) is 0 Å². The van der Waals surface area contributed by atoms with Crippen LogP contribution in [0.5, 0.6) is 0 Å². The molecule has 3 aliphatic rings. The van der Waals surface area contributed by atoms with E-state index in [1.165, 1.54) is 58.5 Å².